The largest absolute Gasteiger partial charge is 0.370 e. The summed E-state index contributed by atoms with van der Waals surface area (Å²) in [7, 11) is 0. The Morgan fingerprint density at radius 3 is 2.94 bits per heavy atom. The Balaban J connectivity index is 1.73. The van der Waals surface area contributed by atoms with Crippen LogP contribution in [0.15, 0.2) is 30.5 Å². The van der Waals surface area contributed by atoms with Crippen molar-refractivity contribution in [3.05, 3.63) is 41.6 Å². The maximum atomic E-state index is 3.83. The van der Waals surface area contributed by atoms with Gasteiger partial charge in [0.05, 0.1) is 6.20 Å². The average Bonchev–Trinajstić information content (AvgIpc) is 3.04. The van der Waals surface area contributed by atoms with Crippen molar-refractivity contribution in [2.45, 2.75) is 25.3 Å². The molecule has 1 N–H and O–H groups in total. The Labute approximate surface area is 98.7 Å². The van der Waals surface area contributed by atoms with Crippen LogP contribution in [0.5, 0.6) is 0 Å². The van der Waals surface area contributed by atoms with Crippen LogP contribution in [0, 0.1) is 0 Å². The van der Waals surface area contributed by atoms with E-state index < -0.39 is 0 Å². The van der Waals surface area contributed by atoms with Gasteiger partial charge in [0.25, 0.3) is 0 Å². The molecule has 0 amide bonds. The monoisotopic (exact) mass is 231 g/mol. The Bertz CT molecular complexity index is 463. The summed E-state index contributed by atoms with van der Waals surface area (Å²) in [6, 6.07) is 8.69. The van der Waals surface area contributed by atoms with Crippen molar-refractivity contribution in [1.82, 2.24) is 9.59 Å². The van der Waals surface area contributed by atoms with Crippen LogP contribution in [0.3, 0.4) is 0 Å². The highest BCUT2D eigenvalue weighted by Crippen LogP contribution is 2.41. The highest BCUT2D eigenvalue weighted by Gasteiger charge is 2.25. The van der Waals surface area contributed by atoms with Gasteiger partial charge >= 0.3 is 0 Å². The molecule has 0 bridgehead atoms. The second kappa shape index (κ2) is 4.22. The SMILES string of the molecule is c1ccc(C2CC2)c(CNc2cnns2)c1. The van der Waals surface area contributed by atoms with E-state index in [1.807, 2.05) is 0 Å². The van der Waals surface area contributed by atoms with Gasteiger partial charge in [0.2, 0.25) is 0 Å². The molecule has 1 heterocycles. The van der Waals surface area contributed by atoms with E-state index >= 15 is 0 Å². The molecular weight excluding hydrogens is 218 g/mol. The molecule has 1 aromatic carbocycles. The first-order valence-corrected chi connectivity index (χ1v) is 6.30. The maximum absolute atomic E-state index is 3.83. The van der Waals surface area contributed by atoms with Crippen molar-refractivity contribution in [2.75, 3.05) is 5.32 Å². The summed E-state index contributed by atoms with van der Waals surface area (Å²) in [5.41, 5.74) is 2.91. The highest BCUT2D eigenvalue weighted by atomic mass is 32.1. The standard InChI is InChI=1S/C12H13N3S/c1-2-4-11(9-5-6-9)10(3-1)7-13-12-8-14-15-16-12/h1-4,8-9,13H,5-7H2. The third kappa shape index (κ3) is 2.07. The van der Waals surface area contributed by atoms with E-state index in [0.717, 1.165) is 17.5 Å². The smallest absolute Gasteiger partial charge is 0.130 e. The third-order valence-corrected chi connectivity index (χ3v) is 3.51. The van der Waals surface area contributed by atoms with Crippen LogP contribution in [-0.2, 0) is 6.54 Å². The zero-order valence-corrected chi connectivity index (χ0v) is 9.70. The van der Waals surface area contributed by atoms with Gasteiger partial charge in [0.1, 0.15) is 5.00 Å². The summed E-state index contributed by atoms with van der Waals surface area (Å²) in [5, 5.41) is 8.20. The molecule has 0 radical (unpaired) electrons. The molecule has 0 spiro atoms. The van der Waals surface area contributed by atoms with Gasteiger partial charge < -0.3 is 5.32 Å². The maximum Gasteiger partial charge on any atom is 0.130 e. The van der Waals surface area contributed by atoms with Crippen LogP contribution in [0.2, 0.25) is 0 Å². The summed E-state index contributed by atoms with van der Waals surface area (Å²) in [6.45, 7) is 0.872. The zero-order chi connectivity index (χ0) is 10.8. The minimum absolute atomic E-state index is 0.803. The molecule has 3 rings (SSSR count). The molecule has 1 aliphatic rings. The van der Waals surface area contributed by atoms with E-state index in [9.17, 15) is 0 Å². The fourth-order valence-corrected chi connectivity index (χ4v) is 2.33. The number of benzene rings is 1. The van der Waals surface area contributed by atoms with Gasteiger partial charge in [0, 0.05) is 18.1 Å². The molecule has 0 atom stereocenters. The molecule has 2 aromatic rings. The number of anilines is 1. The minimum atomic E-state index is 0.803. The Kier molecular flexibility index (Phi) is 2.58. The topological polar surface area (TPSA) is 37.8 Å². The van der Waals surface area contributed by atoms with E-state index in [1.54, 1.807) is 6.20 Å². The van der Waals surface area contributed by atoms with Gasteiger partial charge in [-0.2, -0.15) is 0 Å². The molecule has 0 aliphatic heterocycles. The number of aromatic nitrogens is 2. The fraction of sp³-hybridized carbons (Fsp3) is 0.333. The lowest BCUT2D eigenvalue weighted by molar-refractivity contribution is 1.04. The molecule has 1 aromatic heterocycles. The van der Waals surface area contributed by atoms with Crippen LogP contribution >= 0.6 is 11.5 Å². The van der Waals surface area contributed by atoms with Crippen LogP contribution in [-0.4, -0.2) is 9.59 Å². The van der Waals surface area contributed by atoms with Gasteiger partial charge in [-0.05, 0) is 29.9 Å². The van der Waals surface area contributed by atoms with Crippen LogP contribution in [0.25, 0.3) is 0 Å². The summed E-state index contributed by atoms with van der Waals surface area (Å²) in [5.74, 6) is 0.803. The Morgan fingerprint density at radius 1 is 1.31 bits per heavy atom. The van der Waals surface area contributed by atoms with Gasteiger partial charge in [-0.15, -0.1) is 5.10 Å². The third-order valence-electron chi connectivity index (χ3n) is 2.89. The molecule has 4 heteroatoms. The number of rotatable bonds is 4. The number of hydrogen-bond donors (Lipinski definition) is 1. The van der Waals surface area contributed by atoms with Crippen molar-refractivity contribution in [2.24, 2.45) is 0 Å². The average molecular weight is 231 g/mol. The molecule has 16 heavy (non-hydrogen) atoms. The predicted molar refractivity (Wildman–Crippen MR) is 65.7 cm³/mol. The van der Waals surface area contributed by atoms with Gasteiger partial charge in [-0.1, -0.05) is 28.8 Å². The second-order valence-electron chi connectivity index (χ2n) is 4.11. The molecule has 0 saturated heterocycles. The lowest BCUT2D eigenvalue weighted by Gasteiger charge is -2.08. The molecule has 1 fully saturated rings. The fourth-order valence-electron chi connectivity index (χ4n) is 1.92. The van der Waals surface area contributed by atoms with Crippen molar-refractivity contribution < 1.29 is 0 Å². The van der Waals surface area contributed by atoms with Crippen LogP contribution in [0.1, 0.15) is 29.9 Å². The molecule has 82 valence electrons. The first-order chi connectivity index (χ1) is 7.93. The van der Waals surface area contributed by atoms with Gasteiger partial charge in [-0.3, -0.25) is 0 Å². The van der Waals surface area contributed by atoms with E-state index in [0.29, 0.717) is 0 Å². The number of nitrogens with zero attached hydrogens (tertiary/aromatic N) is 2. The summed E-state index contributed by atoms with van der Waals surface area (Å²) in [4.78, 5) is 0. The first kappa shape index (κ1) is 9.78. The molecule has 1 aliphatic carbocycles. The predicted octanol–water partition coefficient (Wildman–Crippen LogP) is 3.03. The zero-order valence-electron chi connectivity index (χ0n) is 8.89. The van der Waals surface area contributed by atoms with Crippen molar-refractivity contribution in [3.63, 3.8) is 0 Å². The first-order valence-electron chi connectivity index (χ1n) is 5.52. The molecule has 1 saturated carbocycles. The van der Waals surface area contributed by atoms with E-state index in [1.165, 1.54) is 35.5 Å². The van der Waals surface area contributed by atoms with Crippen molar-refractivity contribution in [1.29, 1.82) is 0 Å². The van der Waals surface area contributed by atoms with Crippen LogP contribution < -0.4 is 5.32 Å². The number of hydrogen-bond acceptors (Lipinski definition) is 4. The summed E-state index contributed by atoms with van der Waals surface area (Å²) >= 11 is 1.40. The molecular formula is C12H13N3S. The summed E-state index contributed by atoms with van der Waals surface area (Å²) < 4.78 is 3.83. The van der Waals surface area contributed by atoms with E-state index in [-0.39, 0.29) is 0 Å². The Morgan fingerprint density at radius 2 is 2.19 bits per heavy atom. The van der Waals surface area contributed by atoms with Crippen molar-refractivity contribution in [3.8, 4) is 0 Å². The lowest BCUT2D eigenvalue weighted by Crippen LogP contribution is -2.00. The van der Waals surface area contributed by atoms with E-state index in [4.69, 9.17) is 0 Å². The van der Waals surface area contributed by atoms with Crippen LogP contribution in [0.4, 0.5) is 5.00 Å². The minimum Gasteiger partial charge on any atom is -0.370 e. The van der Waals surface area contributed by atoms with Gasteiger partial charge in [-0.25, -0.2) is 0 Å². The van der Waals surface area contributed by atoms with Crippen molar-refractivity contribution >= 4 is 16.5 Å². The van der Waals surface area contributed by atoms with Gasteiger partial charge in [0.15, 0.2) is 0 Å². The lowest BCUT2D eigenvalue weighted by atomic mass is 10.0. The molecule has 0 unspecified atom stereocenters. The Hall–Kier alpha value is -1.42. The summed E-state index contributed by atoms with van der Waals surface area (Å²) in [6.07, 6.45) is 4.46. The van der Waals surface area contributed by atoms with E-state index in [2.05, 4.69) is 39.2 Å². The second-order valence-corrected chi connectivity index (χ2v) is 4.89. The molecule has 3 nitrogen and oxygen atoms in total. The normalized spacial score (nSPS) is 15.0. The quantitative estimate of drug-likeness (QED) is 0.879. The number of nitrogens with one attached hydrogen (secondary N) is 1. The highest BCUT2D eigenvalue weighted by molar-refractivity contribution is 7.09.